The molecule has 0 bridgehead atoms. The van der Waals surface area contributed by atoms with Gasteiger partial charge in [0.2, 0.25) is 0 Å². The normalized spacial score (nSPS) is 18.1. The van der Waals surface area contributed by atoms with E-state index in [1.165, 1.54) is 0 Å². The highest BCUT2D eigenvalue weighted by Crippen LogP contribution is 2.35. The minimum Gasteiger partial charge on any atom is -0.496 e. The van der Waals surface area contributed by atoms with Crippen LogP contribution >= 0.6 is 0 Å². The summed E-state index contributed by atoms with van der Waals surface area (Å²) in [6.07, 6.45) is 1.66. The number of benzene rings is 1. The van der Waals surface area contributed by atoms with E-state index in [4.69, 9.17) is 14.2 Å². The van der Waals surface area contributed by atoms with Crippen molar-refractivity contribution in [2.45, 2.75) is 51.9 Å². The number of rotatable bonds is 4. The van der Waals surface area contributed by atoms with Crippen molar-refractivity contribution in [1.29, 1.82) is 0 Å². The zero-order valence-corrected chi connectivity index (χ0v) is 14.7. The summed E-state index contributed by atoms with van der Waals surface area (Å²) in [7, 11) is 3.31. The number of ether oxygens (including phenoxy) is 3. The molecule has 0 saturated carbocycles. The van der Waals surface area contributed by atoms with Crippen LogP contribution in [-0.4, -0.2) is 37.4 Å². The van der Waals surface area contributed by atoms with Crippen molar-refractivity contribution in [2.24, 2.45) is 0 Å². The highest BCUT2D eigenvalue weighted by atomic mass is 16.6. The third-order valence-electron chi connectivity index (χ3n) is 3.88. The Balaban J connectivity index is 2.21. The van der Waals surface area contributed by atoms with Crippen molar-refractivity contribution in [3.8, 4) is 5.75 Å². The first kappa shape index (κ1) is 17.6. The second-order valence-electron chi connectivity index (χ2n) is 6.84. The van der Waals surface area contributed by atoms with E-state index in [2.05, 4.69) is 0 Å². The van der Waals surface area contributed by atoms with Gasteiger partial charge in [-0.25, -0.2) is 4.79 Å². The lowest BCUT2D eigenvalue weighted by molar-refractivity contribution is 0.0224. The molecule has 5 heteroatoms. The number of carbonyl (C=O) groups excluding carboxylic acids is 1. The number of hydrogen-bond acceptors (Lipinski definition) is 4. The molecule has 0 aliphatic carbocycles. The SMILES string of the molecule is COCc1ccc(C2CCCN2C(=O)OC(C)(C)C)cc1OC. The van der Waals surface area contributed by atoms with Crippen molar-refractivity contribution < 1.29 is 19.0 Å². The molecule has 1 unspecified atom stereocenters. The molecule has 1 aromatic carbocycles. The fraction of sp³-hybridized carbons (Fsp3) is 0.611. The van der Waals surface area contributed by atoms with Crippen LogP contribution in [0.2, 0.25) is 0 Å². The Hall–Kier alpha value is -1.75. The molecule has 1 aromatic rings. The third kappa shape index (κ3) is 4.38. The van der Waals surface area contributed by atoms with Gasteiger partial charge < -0.3 is 19.1 Å². The van der Waals surface area contributed by atoms with E-state index in [1.54, 1.807) is 14.2 Å². The van der Waals surface area contributed by atoms with Crippen molar-refractivity contribution in [2.75, 3.05) is 20.8 Å². The topological polar surface area (TPSA) is 48.0 Å². The molecule has 1 heterocycles. The Labute approximate surface area is 138 Å². The predicted octanol–water partition coefficient (Wildman–Crippen LogP) is 3.91. The average molecular weight is 321 g/mol. The molecule has 2 rings (SSSR count). The molecule has 1 amide bonds. The van der Waals surface area contributed by atoms with E-state index in [1.807, 2.05) is 43.9 Å². The van der Waals surface area contributed by atoms with Crippen molar-refractivity contribution in [1.82, 2.24) is 4.90 Å². The van der Waals surface area contributed by atoms with Gasteiger partial charge in [-0.1, -0.05) is 12.1 Å². The maximum Gasteiger partial charge on any atom is 0.410 e. The van der Waals surface area contributed by atoms with Gasteiger partial charge in [0.15, 0.2) is 0 Å². The highest BCUT2D eigenvalue weighted by molar-refractivity contribution is 5.69. The summed E-state index contributed by atoms with van der Waals surface area (Å²) in [5.41, 5.74) is 1.59. The van der Waals surface area contributed by atoms with Crippen LogP contribution in [0.15, 0.2) is 18.2 Å². The first-order valence-electron chi connectivity index (χ1n) is 8.01. The summed E-state index contributed by atoms with van der Waals surface area (Å²) < 4.78 is 16.2. The number of nitrogens with zero attached hydrogens (tertiary/aromatic N) is 1. The quantitative estimate of drug-likeness (QED) is 0.843. The van der Waals surface area contributed by atoms with Gasteiger partial charge >= 0.3 is 6.09 Å². The van der Waals surface area contributed by atoms with Gasteiger partial charge in [-0.05, 0) is 45.2 Å². The molecule has 23 heavy (non-hydrogen) atoms. The standard InChI is InChI=1S/C18H27NO4/c1-18(2,3)23-17(20)19-10-6-7-15(19)13-8-9-14(12-21-4)16(11-13)22-5/h8-9,11,15H,6-7,10,12H2,1-5H3. The number of likely N-dealkylation sites (tertiary alicyclic amines) is 1. The first-order valence-corrected chi connectivity index (χ1v) is 8.01. The molecule has 5 nitrogen and oxygen atoms in total. The summed E-state index contributed by atoms with van der Waals surface area (Å²) in [6.45, 7) is 6.89. The third-order valence-corrected chi connectivity index (χ3v) is 3.88. The largest absolute Gasteiger partial charge is 0.496 e. The smallest absolute Gasteiger partial charge is 0.410 e. The molecule has 0 radical (unpaired) electrons. The number of amides is 1. The lowest BCUT2D eigenvalue weighted by Crippen LogP contribution is -2.36. The second kappa shape index (κ2) is 7.21. The van der Waals surface area contributed by atoms with Crippen LogP contribution in [-0.2, 0) is 16.1 Å². The Morgan fingerprint density at radius 1 is 1.30 bits per heavy atom. The molecule has 1 atom stereocenters. The summed E-state index contributed by atoms with van der Waals surface area (Å²) in [5.74, 6) is 0.792. The first-order chi connectivity index (χ1) is 10.9. The van der Waals surface area contributed by atoms with Crippen molar-refractivity contribution in [3.05, 3.63) is 29.3 Å². The van der Waals surface area contributed by atoms with Gasteiger partial charge in [0.05, 0.1) is 19.8 Å². The van der Waals surface area contributed by atoms with E-state index in [0.717, 1.165) is 36.3 Å². The van der Waals surface area contributed by atoms with E-state index < -0.39 is 5.60 Å². The fourth-order valence-electron chi connectivity index (χ4n) is 2.90. The number of methoxy groups -OCH3 is 2. The molecule has 1 saturated heterocycles. The summed E-state index contributed by atoms with van der Waals surface area (Å²) >= 11 is 0. The zero-order valence-electron chi connectivity index (χ0n) is 14.7. The van der Waals surface area contributed by atoms with E-state index in [9.17, 15) is 4.79 Å². The molecule has 0 spiro atoms. The summed E-state index contributed by atoms with van der Waals surface area (Å²) in [4.78, 5) is 14.2. The lowest BCUT2D eigenvalue weighted by Gasteiger charge is -2.29. The highest BCUT2D eigenvalue weighted by Gasteiger charge is 2.33. The van der Waals surface area contributed by atoms with Gasteiger partial charge in [0, 0.05) is 19.2 Å². The molecular formula is C18H27NO4. The van der Waals surface area contributed by atoms with E-state index in [-0.39, 0.29) is 12.1 Å². The zero-order chi connectivity index (χ0) is 17.0. The molecular weight excluding hydrogens is 294 g/mol. The number of hydrogen-bond donors (Lipinski definition) is 0. The van der Waals surface area contributed by atoms with Crippen LogP contribution in [0.25, 0.3) is 0 Å². The van der Waals surface area contributed by atoms with Crippen LogP contribution in [0, 0.1) is 0 Å². The Morgan fingerprint density at radius 3 is 2.65 bits per heavy atom. The lowest BCUT2D eigenvalue weighted by atomic mass is 10.0. The molecule has 0 N–H and O–H groups in total. The molecule has 1 aliphatic heterocycles. The molecule has 128 valence electrons. The van der Waals surface area contributed by atoms with Gasteiger partial charge in [-0.3, -0.25) is 0 Å². The van der Waals surface area contributed by atoms with Crippen LogP contribution in [0.1, 0.15) is 50.8 Å². The molecule has 0 aromatic heterocycles. The minimum absolute atomic E-state index is 0.0374. The number of carbonyl (C=O) groups is 1. The minimum atomic E-state index is -0.482. The van der Waals surface area contributed by atoms with E-state index >= 15 is 0 Å². The van der Waals surface area contributed by atoms with Gasteiger partial charge in [0.1, 0.15) is 11.4 Å². The Bertz CT molecular complexity index is 550. The molecule has 1 fully saturated rings. The van der Waals surface area contributed by atoms with Crippen molar-refractivity contribution in [3.63, 3.8) is 0 Å². The Morgan fingerprint density at radius 2 is 2.04 bits per heavy atom. The monoisotopic (exact) mass is 321 g/mol. The predicted molar refractivity (Wildman–Crippen MR) is 88.6 cm³/mol. The van der Waals surface area contributed by atoms with Crippen LogP contribution in [0.5, 0.6) is 5.75 Å². The maximum absolute atomic E-state index is 12.4. The van der Waals surface area contributed by atoms with Crippen molar-refractivity contribution >= 4 is 6.09 Å². The van der Waals surface area contributed by atoms with Crippen LogP contribution in [0.4, 0.5) is 4.79 Å². The summed E-state index contributed by atoms with van der Waals surface area (Å²) in [6, 6.07) is 6.09. The van der Waals surface area contributed by atoms with Gasteiger partial charge in [0.25, 0.3) is 0 Å². The summed E-state index contributed by atoms with van der Waals surface area (Å²) in [5, 5.41) is 0. The van der Waals surface area contributed by atoms with Crippen LogP contribution in [0.3, 0.4) is 0 Å². The van der Waals surface area contributed by atoms with Gasteiger partial charge in [-0.2, -0.15) is 0 Å². The Kier molecular flexibility index (Phi) is 5.52. The van der Waals surface area contributed by atoms with Gasteiger partial charge in [-0.15, -0.1) is 0 Å². The van der Waals surface area contributed by atoms with E-state index in [0.29, 0.717) is 6.61 Å². The average Bonchev–Trinajstić information content (AvgIpc) is 2.96. The second-order valence-corrected chi connectivity index (χ2v) is 6.84. The molecule has 1 aliphatic rings. The maximum atomic E-state index is 12.4. The van der Waals surface area contributed by atoms with Crippen LogP contribution < -0.4 is 4.74 Å². The fourth-order valence-corrected chi connectivity index (χ4v) is 2.90.